The molecule has 1 fully saturated rings. The molecule has 1 atom stereocenters. The van der Waals surface area contributed by atoms with Gasteiger partial charge in [0.25, 0.3) is 5.91 Å². The second kappa shape index (κ2) is 7.84. The van der Waals surface area contributed by atoms with Crippen LogP contribution in [0.25, 0.3) is 11.3 Å². The third kappa shape index (κ3) is 3.91. The number of amides is 1. The number of H-pyrrole nitrogens is 1. The zero-order valence-corrected chi connectivity index (χ0v) is 15.8. The van der Waals surface area contributed by atoms with Crippen molar-refractivity contribution in [1.29, 1.82) is 0 Å². The first kappa shape index (κ1) is 18.2. The summed E-state index contributed by atoms with van der Waals surface area (Å²) < 4.78 is 13.7. The first-order valence-corrected chi connectivity index (χ1v) is 9.53. The largest absolute Gasteiger partial charge is 0.353 e. The van der Waals surface area contributed by atoms with Gasteiger partial charge in [-0.25, -0.2) is 4.39 Å². The molecule has 28 heavy (non-hydrogen) atoms. The van der Waals surface area contributed by atoms with E-state index in [-0.39, 0.29) is 17.8 Å². The van der Waals surface area contributed by atoms with Crippen LogP contribution in [0.5, 0.6) is 0 Å². The number of hydrogen-bond donors (Lipinski definition) is 2. The highest BCUT2D eigenvalue weighted by Crippen LogP contribution is 2.24. The third-order valence-electron chi connectivity index (χ3n) is 5.16. The van der Waals surface area contributed by atoms with Crippen molar-refractivity contribution < 1.29 is 9.18 Å². The van der Waals surface area contributed by atoms with E-state index >= 15 is 0 Å². The fraction of sp³-hybridized carbons (Fsp3) is 0.273. The number of nitrogens with zero attached hydrogens (tertiary/aromatic N) is 2. The molecule has 0 bridgehead atoms. The topological polar surface area (TPSA) is 61.0 Å². The van der Waals surface area contributed by atoms with Gasteiger partial charge in [-0.3, -0.25) is 9.89 Å². The first-order chi connectivity index (χ1) is 13.6. The Bertz CT molecular complexity index is 970. The molecule has 4 rings (SSSR count). The number of aryl methyl sites for hydroxylation is 1. The zero-order valence-electron chi connectivity index (χ0n) is 15.8. The van der Waals surface area contributed by atoms with Crippen molar-refractivity contribution in [3.8, 4) is 11.3 Å². The molecule has 1 aromatic heterocycles. The van der Waals surface area contributed by atoms with Crippen molar-refractivity contribution in [2.45, 2.75) is 25.8 Å². The highest BCUT2D eigenvalue weighted by Gasteiger charge is 2.24. The maximum atomic E-state index is 13.7. The molecule has 2 aromatic carbocycles. The molecule has 1 saturated heterocycles. The van der Waals surface area contributed by atoms with Crippen molar-refractivity contribution in [1.82, 2.24) is 15.5 Å². The Morgan fingerprint density at radius 2 is 2.04 bits per heavy atom. The zero-order chi connectivity index (χ0) is 19.5. The molecule has 2 heterocycles. The quantitative estimate of drug-likeness (QED) is 0.723. The molecule has 6 heteroatoms. The smallest absolute Gasteiger partial charge is 0.251 e. The number of anilines is 1. The Labute approximate surface area is 163 Å². The average Bonchev–Trinajstić information content (AvgIpc) is 3.21. The lowest BCUT2D eigenvalue weighted by molar-refractivity contribution is 0.0932. The molecular weight excluding hydrogens is 355 g/mol. The van der Waals surface area contributed by atoms with Gasteiger partial charge in [-0.15, -0.1) is 0 Å². The summed E-state index contributed by atoms with van der Waals surface area (Å²) in [6.07, 6.45) is 1.85. The molecule has 0 radical (unpaired) electrons. The Balaban J connectivity index is 1.42. The van der Waals surface area contributed by atoms with E-state index in [1.807, 2.05) is 36.4 Å². The molecule has 0 spiro atoms. The minimum absolute atomic E-state index is 0.00231. The number of benzene rings is 2. The van der Waals surface area contributed by atoms with E-state index in [1.54, 1.807) is 19.1 Å². The molecule has 1 amide bonds. The van der Waals surface area contributed by atoms with Crippen LogP contribution in [0.2, 0.25) is 0 Å². The van der Waals surface area contributed by atoms with Gasteiger partial charge >= 0.3 is 0 Å². The van der Waals surface area contributed by atoms with Crippen LogP contribution < -0.4 is 10.2 Å². The molecule has 144 valence electrons. The molecular formula is C22H23FN4O. The van der Waals surface area contributed by atoms with Crippen LogP contribution in [-0.4, -0.2) is 35.2 Å². The van der Waals surface area contributed by atoms with Gasteiger partial charge < -0.3 is 10.2 Å². The Morgan fingerprint density at radius 3 is 2.82 bits per heavy atom. The van der Waals surface area contributed by atoms with Gasteiger partial charge in [-0.1, -0.05) is 36.4 Å². The molecule has 0 aliphatic carbocycles. The van der Waals surface area contributed by atoms with Crippen LogP contribution in [0, 0.1) is 12.7 Å². The highest BCUT2D eigenvalue weighted by molar-refractivity contribution is 5.94. The van der Waals surface area contributed by atoms with Gasteiger partial charge in [0.15, 0.2) is 5.82 Å². The summed E-state index contributed by atoms with van der Waals surface area (Å²) >= 11 is 0. The van der Waals surface area contributed by atoms with Crippen LogP contribution in [0.1, 0.15) is 28.8 Å². The van der Waals surface area contributed by atoms with Crippen molar-refractivity contribution in [2.24, 2.45) is 0 Å². The van der Waals surface area contributed by atoms with E-state index < -0.39 is 0 Å². The average molecular weight is 378 g/mol. The summed E-state index contributed by atoms with van der Waals surface area (Å²) in [6, 6.07) is 16.7. The molecule has 3 aromatic rings. The third-order valence-corrected chi connectivity index (χ3v) is 5.16. The molecule has 5 nitrogen and oxygen atoms in total. The number of carbonyl (C=O) groups excluding carboxylic acids is 1. The van der Waals surface area contributed by atoms with E-state index in [4.69, 9.17) is 0 Å². The lowest BCUT2D eigenvalue weighted by Crippen LogP contribution is -2.48. The van der Waals surface area contributed by atoms with Crippen molar-refractivity contribution in [3.05, 3.63) is 71.5 Å². The monoisotopic (exact) mass is 378 g/mol. The van der Waals surface area contributed by atoms with E-state index in [0.717, 1.165) is 36.5 Å². The van der Waals surface area contributed by atoms with E-state index in [9.17, 15) is 9.18 Å². The molecule has 1 aliphatic heterocycles. The van der Waals surface area contributed by atoms with Crippen LogP contribution in [0.3, 0.4) is 0 Å². The maximum Gasteiger partial charge on any atom is 0.251 e. The number of aromatic nitrogens is 2. The van der Waals surface area contributed by atoms with Gasteiger partial charge in [0, 0.05) is 30.8 Å². The molecule has 1 aliphatic rings. The van der Waals surface area contributed by atoms with Gasteiger partial charge in [-0.2, -0.15) is 5.10 Å². The second-order valence-corrected chi connectivity index (χ2v) is 7.23. The minimum Gasteiger partial charge on any atom is -0.353 e. The fourth-order valence-corrected chi connectivity index (χ4v) is 3.54. The van der Waals surface area contributed by atoms with Crippen LogP contribution in [0.15, 0.2) is 54.6 Å². The summed E-state index contributed by atoms with van der Waals surface area (Å²) in [6.45, 7) is 3.26. The van der Waals surface area contributed by atoms with E-state index in [2.05, 4.69) is 20.4 Å². The predicted octanol–water partition coefficient (Wildman–Crippen LogP) is 3.92. The Kier molecular flexibility index (Phi) is 5.10. The maximum absolute atomic E-state index is 13.7. The lowest BCUT2D eigenvalue weighted by Gasteiger charge is -2.33. The summed E-state index contributed by atoms with van der Waals surface area (Å²) in [5, 5.41) is 10.6. The van der Waals surface area contributed by atoms with Gasteiger partial charge in [0.1, 0.15) is 5.82 Å². The molecule has 0 saturated carbocycles. The van der Waals surface area contributed by atoms with Crippen LogP contribution >= 0.6 is 0 Å². The van der Waals surface area contributed by atoms with Gasteiger partial charge in [0.05, 0.1) is 5.69 Å². The molecule has 0 unspecified atom stereocenters. The van der Waals surface area contributed by atoms with Gasteiger partial charge in [-0.05, 0) is 43.0 Å². The second-order valence-electron chi connectivity index (χ2n) is 7.23. The number of rotatable bonds is 4. The number of halogens is 1. The van der Waals surface area contributed by atoms with E-state index in [0.29, 0.717) is 17.7 Å². The fourth-order valence-electron chi connectivity index (χ4n) is 3.54. The lowest BCUT2D eigenvalue weighted by atomic mass is 10.0. The van der Waals surface area contributed by atoms with E-state index in [1.165, 1.54) is 6.07 Å². The van der Waals surface area contributed by atoms with Crippen molar-refractivity contribution >= 4 is 11.7 Å². The van der Waals surface area contributed by atoms with Gasteiger partial charge in [0.2, 0.25) is 0 Å². The van der Waals surface area contributed by atoms with Crippen LogP contribution in [0.4, 0.5) is 10.2 Å². The molecule has 2 N–H and O–H groups in total. The summed E-state index contributed by atoms with van der Waals surface area (Å²) in [5.74, 6) is 0.278. The predicted molar refractivity (Wildman–Crippen MR) is 108 cm³/mol. The normalized spacial score (nSPS) is 16.8. The summed E-state index contributed by atoms with van der Waals surface area (Å²) in [7, 11) is 0. The summed E-state index contributed by atoms with van der Waals surface area (Å²) in [4.78, 5) is 14.7. The number of piperidine rings is 1. The van der Waals surface area contributed by atoms with Crippen LogP contribution in [-0.2, 0) is 0 Å². The Morgan fingerprint density at radius 1 is 1.21 bits per heavy atom. The minimum atomic E-state index is -0.358. The Hall–Kier alpha value is -3.15. The standard InChI is InChI=1S/C22H23FN4O/c1-15-9-10-17(12-19(15)23)22(28)24-18-8-5-11-27(14-18)21-13-20(25-26-21)16-6-3-2-4-7-16/h2-4,6-7,9-10,12-13,18H,5,8,11,14H2,1H3,(H,24,28)(H,25,26)/t18-/m0/s1. The SMILES string of the molecule is Cc1ccc(C(=O)N[C@H]2CCCN(c3cc(-c4ccccc4)[nH]n3)C2)cc1F. The number of aromatic amines is 1. The van der Waals surface area contributed by atoms with Crippen molar-refractivity contribution in [3.63, 3.8) is 0 Å². The number of nitrogens with one attached hydrogen (secondary N) is 2. The highest BCUT2D eigenvalue weighted by atomic mass is 19.1. The number of hydrogen-bond acceptors (Lipinski definition) is 3. The first-order valence-electron chi connectivity index (χ1n) is 9.53. The van der Waals surface area contributed by atoms with Crippen molar-refractivity contribution in [2.75, 3.05) is 18.0 Å². The summed E-state index contributed by atoms with van der Waals surface area (Å²) in [5.41, 5.74) is 2.95. The number of carbonyl (C=O) groups is 1.